The van der Waals surface area contributed by atoms with Gasteiger partial charge in [-0.15, -0.1) is 11.8 Å². The Kier molecular flexibility index (Phi) is 7.13. The Bertz CT molecular complexity index is 743. The first-order valence-electron chi connectivity index (χ1n) is 9.95. The van der Waals surface area contributed by atoms with Crippen LogP contribution in [0.4, 0.5) is 5.69 Å². The molecule has 2 amide bonds. The van der Waals surface area contributed by atoms with Crippen molar-refractivity contribution in [2.45, 2.75) is 72.5 Å². The zero-order valence-corrected chi connectivity index (χ0v) is 18.8. The average Bonchev–Trinajstić information content (AvgIpc) is 2.84. The fourth-order valence-electron chi connectivity index (χ4n) is 2.99. The third-order valence-corrected chi connectivity index (χ3v) is 6.35. The number of ketones is 1. The smallest absolute Gasteiger partial charge is 0.247 e. The summed E-state index contributed by atoms with van der Waals surface area (Å²) in [6.45, 7) is 12.7. The molecule has 1 aromatic rings. The van der Waals surface area contributed by atoms with Gasteiger partial charge in [-0.3, -0.25) is 14.4 Å². The van der Waals surface area contributed by atoms with E-state index in [4.69, 9.17) is 0 Å². The van der Waals surface area contributed by atoms with Crippen LogP contribution in [0.2, 0.25) is 0 Å². The summed E-state index contributed by atoms with van der Waals surface area (Å²) in [6, 6.07) is 7.28. The molecule has 1 saturated heterocycles. The highest BCUT2D eigenvalue weighted by Gasteiger charge is 2.40. The normalized spacial score (nSPS) is 18.1. The van der Waals surface area contributed by atoms with Gasteiger partial charge in [0.25, 0.3) is 0 Å². The molecule has 0 spiro atoms. The highest BCUT2D eigenvalue weighted by molar-refractivity contribution is 8.00. The van der Waals surface area contributed by atoms with Gasteiger partial charge in [0.15, 0.2) is 0 Å². The summed E-state index contributed by atoms with van der Waals surface area (Å²) < 4.78 is 0. The lowest BCUT2D eigenvalue weighted by atomic mass is 9.88. The quantitative estimate of drug-likeness (QED) is 0.599. The molecule has 1 aliphatic rings. The van der Waals surface area contributed by atoms with Gasteiger partial charge in [0.2, 0.25) is 11.8 Å². The second-order valence-electron chi connectivity index (χ2n) is 10.1. The van der Waals surface area contributed by atoms with Gasteiger partial charge in [-0.1, -0.05) is 53.7 Å². The van der Waals surface area contributed by atoms with E-state index in [9.17, 15) is 14.4 Å². The summed E-state index contributed by atoms with van der Waals surface area (Å²) in [4.78, 5) is 38.9. The topological polar surface area (TPSA) is 54.5 Å². The van der Waals surface area contributed by atoms with Crippen molar-refractivity contribution >= 4 is 35.0 Å². The SMILES string of the molecule is CC(C)(C)CCC(=O)Cc1cccc(N2C(=O)CC(SCC(C)(C)C)C2=O)c1. The average molecular weight is 404 g/mol. The van der Waals surface area contributed by atoms with Gasteiger partial charge in [0, 0.05) is 19.3 Å². The molecule has 0 bridgehead atoms. The van der Waals surface area contributed by atoms with Gasteiger partial charge in [0.05, 0.1) is 10.9 Å². The molecule has 1 aromatic carbocycles. The van der Waals surface area contributed by atoms with Crippen molar-refractivity contribution in [2.24, 2.45) is 10.8 Å². The van der Waals surface area contributed by atoms with Gasteiger partial charge >= 0.3 is 0 Å². The number of rotatable bonds is 7. The second-order valence-corrected chi connectivity index (χ2v) is 11.3. The number of hydrogen-bond acceptors (Lipinski definition) is 4. The lowest BCUT2D eigenvalue weighted by Gasteiger charge is -2.20. The number of nitrogens with zero attached hydrogens (tertiary/aromatic N) is 1. The van der Waals surface area contributed by atoms with E-state index in [0.29, 0.717) is 18.5 Å². The van der Waals surface area contributed by atoms with E-state index in [1.165, 1.54) is 4.90 Å². The van der Waals surface area contributed by atoms with Crippen molar-refractivity contribution in [1.82, 2.24) is 0 Å². The maximum atomic E-state index is 12.8. The fourth-order valence-corrected chi connectivity index (χ4v) is 4.20. The number of imide groups is 1. The van der Waals surface area contributed by atoms with Crippen molar-refractivity contribution in [3.8, 4) is 0 Å². The monoisotopic (exact) mass is 403 g/mol. The zero-order chi connectivity index (χ0) is 21.1. The number of Topliss-reactive ketones (excluding diaryl/α,β-unsaturated/α-hetero) is 1. The third-order valence-electron chi connectivity index (χ3n) is 4.55. The highest BCUT2D eigenvalue weighted by atomic mass is 32.2. The maximum Gasteiger partial charge on any atom is 0.247 e. The molecular weight excluding hydrogens is 370 g/mol. The molecule has 0 aromatic heterocycles. The molecule has 154 valence electrons. The molecule has 1 heterocycles. The molecular formula is C23H33NO3S. The molecule has 1 unspecified atom stereocenters. The maximum absolute atomic E-state index is 12.8. The van der Waals surface area contributed by atoms with Gasteiger partial charge in [-0.2, -0.15) is 0 Å². The van der Waals surface area contributed by atoms with Gasteiger partial charge in [-0.05, 0) is 40.7 Å². The molecule has 1 atom stereocenters. The fraction of sp³-hybridized carbons (Fsp3) is 0.609. The predicted molar refractivity (Wildman–Crippen MR) is 117 cm³/mol. The minimum atomic E-state index is -0.316. The number of carbonyl (C=O) groups is 3. The zero-order valence-electron chi connectivity index (χ0n) is 18.0. The Morgan fingerprint density at radius 3 is 2.39 bits per heavy atom. The van der Waals surface area contributed by atoms with Crippen LogP contribution in [0.1, 0.15) is 66.4 Å². The van der Waals surface area contributed by atoms with E-state index >= 15 is 0 Å². The molecule has 0 saturated carbocycles. The molecule has 0 aliphatic carbocycles. The number of carbonyl (C=O) groups excluding carboxylic acids is 3. The van der Waals surface area contributed by atoms with Crippen LogP contribution in [0, 0.1) is 10.8 Å². The van der Waals surface area contributed by atoms with Crippen LogP contribution in [-0.2, 0) is 20.8 Å². The number of anilines is 1. The van der Waals surface area contributed by atoms with Crippen molar-refractivity contribution in [3.05, 3.63) is 29.8 Å². The van der Waals surface area contributed by atoms with Crippen LogP contribution in [-0.4, -0.2) is 28.6 Å². The van der Waals surface area contributed by atoms with Gasteiger partial charge in [-0.25, -0.2) is 4.90 Å². The van der Waals surface area contributed by atoms with Crippen molar-refractivity contribution in [1.29, 1.82) is 0 Å². The number of thioether (sulfide) groups is 1. The van der Waals surface area contributed by atoms with E-state index in [1.54, 1.807) is 17.8 Å². The van der Waals surface area contributed by atoms with Gasteiger partial charge in [0.1, 0.15) is 5.78 Å². The van der Waals surface area contributed by atoms with Crippen LogP contribution in [0.3, 0.4) is 0 Å². The van der Waals surface area contributed by atoms with Crippen LogP contribution in [0.5, 0.6) is 0 Å². The molecule has 0 N–H and O–H groups in total. The summed E-state index contributed by atoms with van der Waals surface area (Å²) in [5, 5.41) is -0.316. The summed E-state index contributed by atoms with van der Waals surface area (Å²) in [6.07, 6.45) is 1.97. The predicted octanol–water partition coefficient (Wildman–Crippen LogP) is 5.04. The number of amides is 2. The minimum Gasteiger partial charge on any atom is -0.299 e. The van der Waals surface area contributed by atoms with Crippen LogP contribution in [0.25, 0.3) is 0 Å². The molecule has 1 aliphatic heterocycles. The number of benzene rings is 1. The van der Waals surface area contributed by atoms with E-state index in [2.05, 4.69) is 41.5 Å². The molecule has 28 heavy (non-hydrogen) atoms. The highest BCUT2D eigenvalue weighted by Crippen LogP contribution is 2.33. The summed E-state index contributed by atoms with van der Waals surface area (Å²) >= 11 is 1.56. The van der Waals surface area contributed by atoms with Crippen molar-refractivity contribution < 1.29 is 14.4 Å². The molecule has 1 fully saturated rings. The van der Waals surface area contributed by atoms with E-state index in [0.717, 1.165) is 17.7 Å². The van der Waals surface area contributed by atoms with Crippen molar-refractivity contribution in [3.63, 3.8) is 0 Å². The van der Waals surface area contributed by atoms with E-state index in [-0.39, 0.29) is 40.1 Å². The van der Waals surface area contributed by atoms with Crippen LogP contribution < -0.4 is 4.90 Å². The van der Waals surface area contributed by atoms with Gasteiger partial charge < -0.3 is 0 Å². The van der Waals surface area contributed by atoms with Crippen LogP contribution >= 0.6 is 11.8 Å². The Morgan fingerprint density at radius 1 is 1.11 bits per heavy atom. The molecule has 2 rings (SSSR count). The van der Waals surface area contributed by atoms with E-state index in [1.807, 2.05) is 18.2 Å². The molecule has 0 radical (unpaired) electrons. The Morgan fingerprint density at radius 2 is 1.79 bits per heavy atom. The first-order valence-corrected chi connectivity index (χ1v) is 11.0. The second kappa shape index (κ2) is 8.81. The third kappa shape index (κ3) is 6.77. The molecule has 4 nitrogen and oxygen atoms in total. The summed E-state index contributed by atoms with van der Waals surface area (Å²) in [5.74, 6) is 0.708. The Hall–Kier alpha value is -1.62. The minimum absolute atomic E-state index is 0.106. The first-order chi connectivity index (χ1) is 12.9. The lowest BCUT2D eigenvalue weighted by Crippen LogP contribution is -2.31. The first kappa shape index (κ1) is 22.7. The Balaban J connectivity index is 2.05. The van der Waals surface area contributed by atoms with Crippen LogP contribution in [0.15, 0.2) is 24.3 Å². The Labute approximate surface area is 173 Å². The molecule has 5 heteroatoms. The largest absolute Gasteiger partial charge is 0.299 e. The standard InChI is InChI=1S/C23H33NO3S/c1-22(2,3)11-10-18(25)13-16-8-7-9-17(12-16)24-20(26)14-19(21(24)27)28-15-23(4,5)6/h7-9,12,19H,10-11,13-15H2,1-6H3. The van der Waals surface area contributed by atoms with E-state index < -0.39 is 0 Å². The summed E-state index contributed by atoms with van der Waals surface area (Å²) in [7, 11) is 0. The number of hydrogen-bond donors (Lipinski definition) is 0. The summed E-state index contributed by atoms with van der Waals surface area (Å²) in [5.41, 5.74) is 1.66. The lowest BCUT2D eigenvalue weighted by molar-refractivity contribution is -0.121. The van der Waals surface area contributed by atoms with Crippen molar-refractivity contribution in [2.75, 3.05) is 10.7 Å².